The summed E-state index contributed by atoms with van der Waals surface area (Å²) in [4.78, 5) is 27.8. The van der Waals surface area contributed by atoms with Gasteiger partial charge in [0.25, 0.3) is 11.8 Å². The maximum absolute atomic E-state index is 13.6. The van der Waals surface area contributed by atoms with Gasteiger partial charge in [-0.2, -0.15) is 0 Å². The van der Waals surface area contributed by atoms with E-state index in [1.54, 1.807) is 18.9 Å². The van der Waals surface area contributed by atoms with Gasteiger partial charge in [0.2, 0.25) is 10.0 Å². The van der Waals surface area contributed by atoms with Gasteiger partial charge in [-0.3, -0.25) is 9.59 Å². The van der Waals surface area contributed by atoms with Crippen molar-refractivity contribution in [2.75, 3.05) is 31.6 Å². The molecule has 2 amide bonds. The molecule has 3 saturated heterocycles. The van der Waals surface area contributed by atoms with E-state index in [1.807, 2.05) is 0 Å². The van der Waals surface area contributed by atoms with Crippen LogP contribution in [0.2, 0.25) is 0 Å². The van der Waals surface area contributed by atoms with Crippen LogP contribution in [-0.4, -0.2) is 67.6 Å². The van der Waals surface area contributed by atoms with Gasteiger partial charge in [0.1, 0.15) is 16.3 Å². The van der Waals surface area contributed by atoms with Crippen molar-refractivity contribution in [1.82, 2.24) is 14.2 Å². The smallest absolute Gasteiger partial charge is 0.276 e. The first-order valence-corrected chi connectivity index (χ1v) is 13.4. The fourth-order valence-electron chi connectivity index (χ4n) is 5.79. The number of hydrogen-bond acceptors (Lipinski definition) is 6. The Balaban J connectivity index is 1.25. The van der Waals surface area contributed by atoms with Gasteiger partial charge in [-0.05, 0) is 49.4 Å². The molecular formula is C24H27FN4O6S. The SMILES string of the molecule is Cc1cc(NC(=O)c2c3c(cn2C)S(=O)(=O)N[C@@H]2CN(C(=O)C45CC(CO4)C5)C[C@H]2CO3)ccc1F. The number of anilines is 1. The molecule has 1 aromatic carbocycles. The van der Waals surface area contributed by atoms with Crippen LogP contribution in [0.4, 0.5) is 10.1 Å². The van der Waals surface area contributed by atoms with Gasteiger partial charge in [-0.25, -0.2) is 17.5 Å². The Morgan fingerprint density at radius 2 is 2.00 bits per heavy atom. The Hall–Kier alpha value is -2.96. The molecule has 36 heavy (non-hydrogen) atoms. The van der Waals surface area contributed by atoms with Crippen LogP contribution in [0.5, 0.6) is 5.75 Å². The molecule has 7 rings (SSSR count). The Morgan fingerprint density at radius 3 is 2.69 bits per heavy atom. The molecule has 5 aliphatic rings. The van der Waals surface area contributed by atoms with Gasteiger partial charge < -0.3 is 24.3 Å². The van der Waals surface area contributed by atoms with Gasteiger partial charge in [0.15, 0.2) is 11.4 Å². The highest BCUT2D eigenvalue weighted by Crippen LogP contribution is 2.49. The molecule has 2 bridgehead atoms. The molecule has 2 atom stereocenters. The number of halogens is 1. The maximum atomic E-state index is 13.6. The van der Waals surface area contributed by atoms with E-state index in [2.05, 4.69) is 10.0 Å². The third-order valence-corrected chi connectivity index (χ3v) is 9.20. The normalized spacial score (nSPS) is 29.9. The number of amides is 2. The van der Waals surface area contributed by atoms with E-state index in [-0.39, 0.29) is 41.3 Å². The van der Waals surface area contributed by atoms with E-state index >= 15 is 0 Å². The summed E-state index contributed by atoms with van der Waals surface area (Å²) in [7, 11) is -2.49. The number of rotatable bonds is 3. The number of nitrogens with one attached hydrogen (secondary N) is 2. The van der Waals surface area contributed by atoms with Crippen LogP contribution < -0.4 is 14.8 Å². The molecule has 2 aromatic rings. The Kier molecular flexibility index (Phi) is 5.22. The molecule has 1 aromatic heterocycles. The van der Waals surface area contributed by atoms with Crippen LogP contribution in [0.25, 0.3) is 0 Å². The minimum atomic E-state index is -4.04. The lowest BCUT2D eigenvalue weighted by molar-refractivity contribution is -0.154. The molecule has 192 valence electrons. The van der Waals surface area contributed by atoms with E-state index < -0.39 is 33.4 Å². The number of carbonyl (C=O) groups is 2. The van der Waals surface area contributed by atoms with Crippen molar-refractivity contribution in [3.05, 3.63) is 41.5 Å². The predicted octanol–water partition coefficient (Wildman–Crippen LogP) is 1.40. The number of aryl methyl sites for hydroxylation is 2. The fraction of sp³-hybridized carbons (Fsp3) is 0.500. The van der Waals surface area contributed by atoms with E-state index in [0.29, 0.717) is 30.3 Å². The Labute approximate surface area is 207 Å². The molecule has 0 unspecified atom stereocenters. The number of carbonyl (C=O) groups excluding carboxylic acids is 2. The second kappa shape index (κ2) is 8.02. The average Bonchev–Trinajstić information content (AvgIpc) is 3.56. The minimum Gasteiger partial charge on any atom is -0.489 e. The van der Waals surface area contributed by atoms with Crippen LogP contribution in [0.15, 0.2) is 29.3 Å². The number of nitrogens with zero attached hydrogens (tertiary/aromatic N) is 2. The molecule has 4 aliphatic heterocycles. The number of aromatic nitrogens is 1. The summed E-state index contributed by atoms with van der Waals surface area (Å²) in [5.41, 5.74) is 0.0143. The summed E-state index contributed by atoms with van der Waals surface area (Å²) in [6.07, 6.45) is 2.77. The zero-order chi connectivity index (χ0) is 25.4. The first-order chi connectivity index (χ1) is 17.1. The highest BCUT2D eigenvalue weighted by Gasteiger charge is 2.59. The first kappa shape index (κ1) is 23.4. The summed E-state index contributed by atoms with van der Waals surface area (Å²) >= 11 is 0. The first-order valence-electron chi connectivity index (χ1n) is 11.9. The lowest BCUT2D eigenvalue weighted by Crippen LogP contribution is -2.52. The standard InChI is InChI=1S/C24H27FN4O6S/c1-13-5-16(3-4-17(13)25)26-22(30)20-21-19(10-28(20)2)36(32,33)27-18-9-29(8-15(18)12-34-21)23(31)24-6-14(7-24)11-35-24/h3-5,10,14-15,18,27H,6-9,11-12H2,1-2H3,(H,26,30)/t14?,15-,18+,24?/m0/s1. The van der Waals surface area contributed by atoms with Crippen LogP contribution in [0.1, 0.15) is 28.9 Å². The molecule has 1 saturated carbocycles. The lowest BCUT2D eigenvalue weighted by atomic mass is 9.74. The highest BCUT2D eigenvalue weighted by molar-refractivity contribution is 7.89. The number of hydrogen-bond donors (Lipinski definition) is 2. The fourth-order valence-corrected chi connectivity index (χ4v) is 7.28. The van der Waals surface area contributed by atoms with Crippen molar-refractivity contribution >= 4 is 27.5 Å². The molecule has 2 N–H and O–H groups in total. The maximum Gasteiger partial charge on any atom is 0.276 e. The molecule has 0 radical (unpaired) electrons. The van der Waals surface area contributed by atoms with Crippen LogP contribution >= 0.6 is 0 Å². The third kappa shape index (κ3) is 3.61. The Morgan fingerprint density at radius 1 is 1.22 bits per heavy atom. The second-order valence-corrected chi connectivity index (χ2v) is 12.0. The summed E-state index contributed by atoms with van der Waals surface area (Å²) < 4.78 is 56.1. The topological polar surface area (TPSA) is 119 Å². The van der Waals surface area contributed by atoms with Crippen LogP contribution in [-0.2, 0) is 26.6 Å². The number of likely N-dealkylation sites (tertiary alicyclic amines) is 1. The van der Waals surface area contributed by atoms with E-state index in [0.717, 1.165) is 12.8 Å². The molecule has 5 heterocycles. The summed E-state index contributed by atoms with van der Waals surface area (Å²) in [6.45, 7) is 2.88. The summed E-state index contributed by atoms with van der Waals surface area (Å²) in [5, 5.41) is 2.69. The highest BCUT2D eigenvalue weighted by atomic mass is 32.2. The monoisotopic (exact) mass is 518 g/mol. The number of sulfonamides is 1. The minimum absolute atomic E-state index is 0.0282. The molecule has 4 fully saturated rings. The lowest BCUT2D eigenvalue weighted by Gasteiger charge is -2.37. The zero-order valence-corrected chi connectivity index (χ0v) is 20.7. The molecule has 0 spiro atoms. The largest absolute Gasteiger partial charge is 0.489 e. The molecule has 10 nitrogen and oxygen atoms in total. The molecule has 12 heteroatoms. The van der Waals surface area contributed by atoms with Gasteiger partial charge in [-0.1, -0.05) is 0 Å². The number of fused-ring (bicyclic) bond motifs is 3. The summed E-state index contributed by atoms with van der Waals surface area (Å²) in [6, 6.07) is 3.66. The van der Waals surface area contributed by atoms with Crippen LogP contribution in [0, 0.1) is 24.6 Å². The van der Waals surface area contributed by atoms with Gasteiger partial charge in [-0.15, -0.1) is 0 Å². The quantitative estimate of drug-likeness (QED) is 0.634. The molecule has 1 aliphatic carbocycles. The van der Waals surface area contributed by atoms with Gasteiger partial charge in [0.05, 0.1) is 13.2 Å². The van der Waals surface area contributed by atoms with Crippen molar-refractivity contribution in [1.29, 1.82) is 0 Å². The predicted molar refractivity (Wildman–Crippen MR) is 126 cm³/mol. The van der Waals surface area contributed by atoms with Crippen LogP contribution in [0.3, 0.4) is 0 Å². The Bertz CT molecular complexity index is 1380. The average molecular weight is 519 g/mol. The van der Waals surface area contributed by atoms with Crippen molar-refractivity contribution in [3.8, 4) is 5.75 Å². The summed E-state index contributed by atoms with van der Waals surface area (Å²) in [5.74, 6) is -0.976. The number of benzene rings is 1. The van der Waals surface area contributed by atoms with Gasteiger partial charge in [0, 0.05) is 44.0 Å². The van der Waals surface area contributed by atoms with Crippen molar-refractivity contribution < 1.29 is 31.9 Å². The van der Waals surface area contributed by atoms with Crippen molar-refractivity contribution in [2.45, 2.75) is 36.3 Å². The third-order valence-electron chi connectivity index (χ3n) is 7.72. The number of ether oxygens (including phenoxy) is 2. The van der Waals surface area contributed by atoms with Gasteiger partial charge >= 0.3 is 0 Å². The van der Waals surface area contributed by atoms with E-state index in [1.165, 1.54) is 29.0 Å². The van der Waals surface area contributed by atoms with Crippen molar-refractivity contribution in [2.24, 2.45) is 18.9 Å². The van der Waals surface area contributed by atoms with Crippen molar-refractivity contribution in [3.63, 3.8) is 0 Å². The molecular weight excluding hydrogens is 491 g/mol. The van der Waals surface area contributed by atoms with E-state index in [9.17, 15) is 22.4 Å². The zero-order valence-electron chi connectivity index (χ0n) is 19.9. The second-order valence-electron chi connectivity index (χ2n) is 10.3. The van der Waals surface area contributed by atoms with E-state index in [4.69, 9.17) is 9.47 Å².